The van der Waals surface area contributed by atoms with Crippen LogP contribution in [-0.2, 0) is 0 Å². The lowest BCUT2D eigenvalue weighted by Crippen LogP contribution is -2.39. The van der Waals surface area contributed by atoms with Crippen molar-refractivity contribution in [3.8, 4) is 0 Å². The molecule has 0 atom stereocenters. The summed E-state index contributed by atoms with van der Waals surface area (Å²) in [6.45, 7) is 0. The number of nitrogens with one attached hydrogen (secondary N) is 2. The Hall–Kier alpha value is -1.42. The molecule has 1 saturated carbocycles. The first-order chi connectivity index (χ1) is 8.65. The van der Waals surface area contributed by atoms with Crippen LogP contribution in [0.25, 0.3) is 0 Å². The maximum Gasteiger partial charge on any atom is 0.319 e. The Morgan fingerprint density at radius 1 is 1.28 bits per heavy atom. The summed E-state index contributed by atoms with van der Waals surface area (Å²) in [5.74, 6) is 0. The average Bonchev–Trinajstić information content (AvgIpc) is 2.34. The van der Waals surface area contributed by atoms with Crippen LogP contribution in [0, 0.1) is 0 Å². The fourth-order valence-corrected chi connectivity index (χ4v) is 2.42. The highest BCUT2D eigenvalue weighted by molar-refractivity contribution is 6.31. The normalized spacial score (nSPS) is 16.3. The van der Waals surface area contributed by atoms with Gasteiger partial charge in [-0.05, 0) is 31.0 Å². The fourth-order valence-electron chi connectivity index (χ4n) is 2.24. The van der Waals surface area contributed by atoms with Gasteiger partial charge in [-0.1, -0.05) is 30.9 Å². The van der Waals surface area contributed by atoms with Crippen molar-refractivity contribution in [1.82, 2.24) is 5.32 Å². The van der Waals surface area contributed by atoms with E-state index in [1.54, 1.807) is 18.2 Å². The summed E-state index contributed by atoms with van der Waals surface area (Å²) in [6.07, 6.45) is 5.76. The van der Waals surface area contributed by atoms with E-state index in [9.17, 15) is 4.79 Å². The lowest BCUT2D eigenvalue weighted by atomic mass is 9.96. The van der Waals surface area contributed by atoms with Crippen LogP contribution in [0.3, 0.4) is 0 Å². The third-order valence-electron chi connectivity index (χ3n) is 3.20. The molecule has 4 nitrogen and oxygen atoms in total. The fraction of sp³-hybridized carbons (Fsp3) is 0.462. The van der Waals surface area contributed by atoms with E-state index < -0.39 is 0 Å². The van der Waals surface area contributed by atoms with E-state index in [1.165, 1.54) is 19.3 Å². The molecule has 0 bridgehead atoms. The van der Waals surface area contributed by atoms with Crippen LogP contribution >= 0.6 is 11.6 Å². The average molecular weight is 268 g/mol. The number of nitrogen functional groups attached to an aromatic ring is 1. The molecule has 0 saturated heterocycles. The molecule has 0 spiro atoms. The van der Waals surface area contributed by atoms with Gasteiger partial charge < -0.3 is 16.4 Å². The maximum absolute atomic E-state index is 11.8. The lowest BCUT2D eigenvalue weighted by molar-refractivity contribution is 0.244. The molecule has 1 aromatic rings. The van der Waals surface area contributed by atoms with Crippen molar-refractivity contribution in [1.29, 1.82) is 0 Å². The number of carbonyl (C=O) groups excluding carboxylic acids is 1. The predicted molar refractivity (Wildman–Crippen MR) is 74.9 cm³/mol. The second kappa shape index (κ2) is 5.96. The SMILES string of the molecule is Nc1cc(Cl)ccc1NC(=O)NC1CCCCC1. The van der Waals surface area contributed by atoms with Gasteiger partial charge >= 0.3 is 6.03 Å². The molecule has 0 aromatic heterocycles. The highest BCUT2D eigenvalue weighted by atomic mass is 35.5. The van der Waals surface area contributed by atoms with Crippen molar-refractivity contribution in [2.24, 2.45) is 0 Å². The molecular weight excluding hydrogens is 250 g/mol. The van der Waals surface area contributed by atoms with Crippen LogP contribution in [-0.4, -0.2) is 12.1 Å². The molecule has 4 N–H and O–H groups in total. The Kier molecular flexibility index (Phi) is 4.31. The first-order valence-corrected chi connectivity index (χ1v) is 6.65. The number of amides is 2. The molecule has 0 heterocycles. The highest BCUT2D eigenvalue weighted by Crippen LogP contribution is 2.23. The largest absolute Gasteiger partial charge is 0.397 e. The molecule has 1 aromatic carbocycles. The van der Waals surface area contributed by atoms with Gasteiger partial charge in [-0.25, -0.2) is 4.79 Å². The second-order valence-electron chi connectivity index (χ2n) is 4.66. The first-order valence-electron chi connectivity index (χ1n) is 6.27. The summed E-state index contributed by atoms with van der Waals surface area (Å²) >= 11 is 5.80. The molecule has 98 valence electrons. The van der Waals surface area contributed by atoms with Crippen LogP contribution < -0.4 is 16.4 Å². The van der Waals surface area contributed by atoms with E-state index in [-0.39, 0.29) is 12.1 Å². The van der Waals surface area contributed by atoms with E-state index in [0.29, 0.717) is 16.4 Å². The van der Waals surface area contributed by atoms with Gasteiger partial charge in [0.2, 0.25) is 0 Å². The van der Waals surface area contributed by atoms with E-state index >= 15 is 0 Å². The van der Waals surface area contributed by atoms with E-state index in [1.807, 2.05) is 0 Å². The molecule has 18 heavy (non-hydrogen) atoms. The molecular formula is C13H18ClN3O. The van der Waals surface area contributed by atoms with Gasteiger partial charge in [0.25, 0.3) is 0 Å². The number of hydrogen-bond donors (Lipinski definition) is 3. The minimum Gasteiger partial charge on any atom is -0.397 e. The number of halogens is 1. The molecule has 1 fully saturated rings. The summed E-state index contributed by atoms with van der Waals surface area (Å²) in [4.78, 5) is 11.8. The van der Waals surface area contributed by atoms with Crippen molar-refractivity contribution in [3.63, 3.8) is 0 Å². The van der Waals surface area contributed by atoms with Gasteiger partial charge in [-0.2, -0.15) is 0 Å². The zero-order chi connectivity index (χ0) is 13.0. The zero-order valence-electron chi connectivity index (χ0n) is 10.2. The summed E-state index contributed by atoms with van der Waals surface area (Å²) in [6, 6.07) is 5.12. The Balaban J connectivity index is 1.90. The third kappa shape index (κ3) is 3.53. The Labute approximate surface area is 112 Å². The van der Waals surface area contributed by atoms with Gasteiger partial charge in [0.05, 0.1) is 11.4 Å². The van der Waals surface area contributed by atoms with Crippen molar-refractivity contribution >= 4 is 29.0 Å². The first kappa shape index (κ1) is 13.0. The molecule has 0 unspecified atom stereocenters. The highest BCUT2D eigenvalue weighted by Gasteiger charge is 2.15. The summed E-state index contributed by atoms with van der Waals surface area (Å²) in [5, 5.41) is 6.28. The molecule has 1 aliphatic rings. The second-order valence-corrected chi connectivity index (χ2v) is 5.10. The minimum absolute atomic E-state index is 0.198. The van der Waals surface area contributed by atoms with Crippen molar-refractivity contribution in [2.75, 3.05) is 11.1 Å². The number of anilines is 2. The monoisotopic (exact) mass is 267 g/mol. The van der Waals surface area contributed by atoms with E-state index in [0.717, 1.165) is 12.8 Å². The Morgan fingerprint density at radius 3 is 2.67 bits per heavy atom. The van der Waals surface area contributed by atoms with Crippen LogP contribution in [0.5, 0.6) is 0 Å². The van der Waals surface area contributed by atoms with Gasteiger partial charge in [0, 0.05) is 11.1 Å². The summed E-state index contributed by atoms with van der Waals surface area (Å²) in [7, 11) is 0. The number of rotatable bonds is 2. The molecule has 0 aliphatic heterocycles. The van der Waals surface area contributed by atoms with Crippen molar-refractivity contribution < 1.29 is 4.79 Å². The summed E-state index contributed by atoms with van der Waals surface area (Å²) < 4.78 is 0. The van der Waals surface area contributed by atoms with Gasteiger partial charge in [0.15, 0.2) is 0 Å². The van der Waals surface area contributed by atoms with E-state index in [4.69, 9.17) is 17.3 Å². The predicted octanol–water partition coefficient (Wildman–Crippen LogP) is 3.38. The lowest BCUT2D eigenvalue weighted by Gasteiger charge is -2.23. The van der Waals surface area contributed by atoms with Crippen molar-refractivity contribution in [3.05, 3.63) is 23.2 Å². The number of hydrogen-bond acceptors (Lipinski definition) is 2. The van der Waals surface area contributed by atoms with Crippen LogP contribution in [0.2, 0.25) is 5.02 Å². The third-order valence-corrected chi connectivity index (χ3v) is 3.44. The molecule has 2 rings (SSSR count). The topological polar surface area (TPSA) is 67.1 Å². The van der Waals surface area contributed by atoms with Gasteiger partial charge in [-0.15, -0.1) is 0 Å². The van der Waals surface area contributed by atoms with Crippen LogP contribution in [0.4, 0.5) is 16.2 Å². The molecule has 0 radical (unpaired) electrons. The Bertz CT molecular complexity index is 430. The maximum atomic E-state index is 11.8. The Morgan fingerprint density at radius 2 is 2.00 bits per heavy atom. The minimum atomic E-state index is -0.198. The number of benzene rings is 1. The number of carbonyl (C=O) groups is 1. The number of nitrogens with two attached hydrogens (primary N) is 1. The standard InChI is InChI=1S/C13H18ClN3O/c14-9-6-7-12(11(15)8-9)17-13(18)16-10-4-2-1-3-5-10/h6-8,10H,1-5,15H2,(H2,16,17,18). The van der Waals surface area contributed by atoms with E-state index in [2.05, 4.69) is 10.6 Å². The quantitative estimate of drug-likeness (QED) is 0.719. The molecule has 1 aliphatic carbocycles. The molecule has 5 heteroatoms. The smallest absolute Gasteiger partial charge is 0.319 e. The van der Waals surface area contributed by atoms with Crippen molar-refractivity contribution in [2.45, 2.75) is 38.1 Å². The number of urea groups is 1. The van der Waals surface area contributed by atoms with Crippen LogP contribution in [0.15, 0.2) is 18.2 Å². The molecule has 2 amide bonds. The van der Waals surface area contributed by atoms with Crippen LogP contribution in [0.1, 0.15) is 32.1 Å². The zero-order valence-corrected chi connectivity index (χ0v) is 11.0. The summed E-state index contributed by atoms with van der Waals surface area (Å²) in [5.41, 5.74) is 6.84. The van der Waals surface area contributed by atoms with Gasteiger partial charge in [-0.3, -0.25) is 0 Å². The van der Waals surface area contributed by atoms with Gasteiger partial charge in [0.1, 0.15) is 0 Å².